The van der Waals surface area contributed by atoms with Gasteiger partial charge in [-0.2, -0.15) is 0 Å². The van der Waals surface area contributed by atoms with Crippen LogP contribution in [0.4, 0.5) is 0 Å². The molecule has 0 aromatic carbocycles. The van der Waals surface area contributed by atoms with Crippen molar-refractivity contribution in [1.29, 1.82) is 0 Å². The molecule has 358 valence electrons. The number of amides is 10. The number of nitrogens with zero attached hydrogens (tertiary/aromatic N) is 2. The van der Waals surface area contributed by atoms with Crippen LogP contribution in [0.2, 0.25) is 0 Å². The van der Waals surface area contributed by atoms with Gasteiger partial charge in [0.1, 0.15) is 24.2 Å². The monoisotopic (exact) mass is 901 g/mol. The zero-order valence-electron chi connectivity index (χ0n) is 38.6. The van der Waals surface area contributed by atoms with Crippen molar-refractivity contribution in [2.24, 2.45) is 28.2 Å². The summed E-state index contributed by atoms with van der Waals surface area (Å²) in [5, 5.41) is 15.9. The number of imide groups is 2. The number of carbonyl (C=O) groups excluding carboxylic acids is 10. The molecule has 20 heteroatoms. The zero-order chi connectivity index (χ0) is 48.2. The molecule has 0 fully saturated rings. The maximum absolute atomic E-state index is 14.6. The van der Waals surface area contributed by atoms with Crippen molar-refractivity contribution in [3.63, 3.8) is 0 Å². The van der Waals surface area contributed by atoms with E-state index < -0.39 is 109 Å². The van der Waals surface area contributed by atoms with Gasteiger partial charge in [0.05, 0.1) is 0 Å². The summed E-state index contributed by atoms with van der Waals surface area (Å²) >= 11 is 0. The molecule has 2 rings (SSSR count). The summed E-state index contributed by atoms with van der Waals surface area (Å²) in [7, 11) is 0. The smallest absolute Gasteiger partial charge is 0.253 e. The van der Waals surface area contributed by atoms with E-state index in [1.165, 1.54) is 0 Å². The first-order chi connectivity index (χ1) is 30.0. The number of hydrogen-bond acceptors (Lipinski definition) is 12. The standard InChI is InChI=1S/C44H72N10O10/c1-8-24-47-39(61)28(13-9-11-22-45)49-41(63)37(51-31(55)20-26-53-33(57)15-16-34(53)58)38(52-32(56)21-27-54-35(59)17-18-36(54)60)42(64)50-29(14-10-12-23-46)40(62)48-25-19-30(43(2,3)4)44(5,6)7/h15-18,28-30,37-38H,8-14,19-27,45-46H2,1-7H3,(H,47,61)(H,48,62)(H,49,63)(H,50,64)(H,51,55)(H,52,56)/t28-,29-,37?,38?/m0/s1. The van der Waals surface area contributed by atoms with Crippen molar-refractivity contribution in [2.75, 3.05) is 39.3 Å². The Labute approximate surface area is 376 Å². The highest BCUT2D eigenvalue weighted by atomic mass is 16.2. The van der Waals surface area contributed by atoms with E-state index in [-0.39, 0.29) is 42.7 Å². The molecule has 2 aliphatic heterocycles. The van der Waals surface area contributed by atoms with Gasteiger partial charge in [-0.15, -0.1) is 0 Å². The lowest BCUT2D eigenvalue weighted by Gasteiger charge is -2.41. The van der Waals surface area contributed by atoms with Crippen LogP contribution in [0.5, 0.6) is 0 Å². The average molecular weight is 901 g/mol. The molecule has 0 radical (unpaired) electrons. The van der Waals surface area contributed by atoms with E-state index in [9.17, 15) is 47.9 Å². The van der Waals surface area contributed by atoms with Gasteiger partial charge in [-0.05, 0) is 81.2 Å². The summed E-state index contributed by atoms with van der Waals surface area (Å²) in [6.07, 6.45) is 6.36. The van der Waals surface area contributed by atoms with E-state index in [1.54, 1.807) is 0 Å². The molecule has 20 nitrogen and oxygen atoms in total. The molecule has 0 aromatic heterocycles. The third-order valence-corrected chi connectivity index (χ3v) is 11.0. The molecule has 4 atom stereocenters. The second kappa shape index (κ2) is 26.3. The first-order valence-corrected chi connectivity index (χ1v) is 22.3. The fourth-order valence-corrected chi connectivity index (χ4v) is 7.87. The summed E-state index contributed by atoms with van der Waals surface area (Å²) in [5.41, 5.74) is 11.3. The van der Waals surface area contributed by atoms with Crippen LogP contribution in [0.1, 0.15) is 113 Å². The van der Waals surface area contributed by atoms with Crippen LogP contribution in [0.25, 0.3) is 0 Å². The average Bonchev–Trinajstić information content (AvgIpc) is 3.72. The van der Waals surface area contributed by atoms with Crippen LogP contribution in [-0.4, -0.2) is 132 Å². The summed E-state index contributed by atoms with van der Waals surface area (Å²) < 4.78 is 0. The Hall–Kier alpha value is -5.50. The summed E-state index contributed by atoms with van der Waals surface area (Å²) in [4.78, 5) is 134. The summed E-state index contributed by atoms with van der Waals surface area (Å²) in [6, 6.07) is -6.29. The van der Waals surface area contributed by atoms with Gasteiger partial charge in [0.15, 0.2) is 0 Å². The minimum Gasteiger partial charge on any atom is -0.354 e. The van der Waals surface area contributed by atoms with E-state index in [4.69, 9.17) is 11.5 Å². The molecule has 64 heavy (non-hydrogen) atoms. The second-order valence-electron chi connectivity index (χ2n) is 18.3. The van der Waals surface area contributed by atoms with Gasteiger partial charge in [0.25, 0.3) is 23.6 Å². The van der Waals surface area contributed by atoms with Gasteiger partial charge < -0.3 is 43.4 Å². The fourth-order valence-electron chi connectivity index (χ4n) is 7.87. The Morgan fingerprint density at radius 1 is 0.531 bits per heavy atom. The molecule has 0 bridgehead atoms. The number of carbonyl (C=O) groups is 10. The van der Waals surface area contributed by atoms with Crippen LogP contribution < -0.4 is 43.4 Å². The highest BCUT2D eigenvalue weighted by Crippen LogP contribution is 2.41. The highest BCUT2D eigenvalue weighted by molar-refractivity contribution is 6.13. The predicted octanol–water partition coefficient (Wildman–Crippen LogP) is -0.445. The van der Waals surface area contributed by atoms with Gasteiger partial charge in [-0.25, -0.2) is 0 Å². The van der Waals surface area contributed by atoms with E-state index >= 15 is 0 Å². The van der Waals surface area contributed by atoms with Crippen LogP contribution in [0, 0.1) is 16.7 Å². The minimum atomic E-state index is -1.96. The number of nitrogens with two attached hydrogens (primary N) is 2. The second-order valence-corrected chi connectivity index (χ2v) is 18.3. The van der Waals surface area contributed by atoms with Gasteiger partial charge in [-0.1, -0.05) is 48.5 Å². The van der Waals surface area contributed by atoms with Crippen LogP contribution in [0.3, 0.4) is 0 Å². The van der Waals surface area contributed by atoms with E-state index in [1.807, 2.05) is 6.92 Å². The quantitative estimate of drug-likeness (QED) is 0.0366. The lowest BCUT2D eigenvalue weighted by Crippen LogP contribution is -2.66. The van der Waals surface area contributed by atoms with Gasteiger partial charge in [0.2, 0.25) is 35.4 Å². The maximum atomic E-state index is 14.6. The first-order valence-electron chi connectivity index (χ1n) is 22.3. The van der Waals surface area contributed by atoms with Crippen molar-refractivity contribution in [1.82, 2.24) is 41.7 Å². The SMILES string of the molecule is CCCNC(=O)[C@H](CCCCN)NC(=O)C(NC(=O)CCN1C(=O)C=CC1=O)C(NC(=O)CCN1C(=O)C=CC1=O)C(=O)N[C@@H](CCCCN)C(=O)NCCC(C(C)(C)C)C(C)(C)C. The molecule has 0 saturated heterocycles. The Bertz CT molecular complexity index is 1700. The van der Waals surface area contributed by atoms with Crippen molar-refractivity contribution >= 4 is 59.1 Å². The first kappa shape index (κ1) is 54.6. The third kappa shape index (κ3) is 17.9. The molecular weight excluding hydrogens is 829 g/mol. The van der Waals surface area contributed by atoms with Gasteiger partial charge in [0, 0.05) is 63.3 Å². The van der Waals surface area contributed by atoms with E-state index in [0.29, 0.717) is 51.6 Å². The topological polar surface area (TPSA) is 301 Å². The molecule has 0 saturated carbocycles. The van der Waals surface area contributed by atoms with Crippen molar-refractivity contribution in [3.05, 3.63) is 24.3 Å². The molecule has 2 heterocycles. The lowest BCUT2D eigenvalue weighted by molar-refractivity contribution is -0.140. The van der Waals surface area contributed by atoms with Crippen molar-refractivity contribution in [3.8, 4) is 0 Å². The van der Waals surface area contributed by atoms with Crippen LogP contribution >= 0.6 is 0 Å². The molecule has 0 spiro atoms. The largest absolute Gasteiger partial charge is 0.354 e. The number of unbranched alkanes of at least 4 members (excludes halogenated alkanes) is 2. The van der Waals surface area contributed by atoms with Crippen LogP contribution in [-0.2, 0) is 47.9 Å². The number of hydrogen-bond donors (Lipinski definition) is 8. The van der Waals surface area contributed by atoms with E-state index in [0.717, 1.165) is 34.1 Å². The number of nitrogens with one attached hydrogen (secondary N) is 6. The van der Waals surface area contributed by atoms with E-state index in [2.05, 4.69) is 73.4 Å². The van der Waals surface area contributed by atoms with Gasteiger partial charge in [-0.3, -0.25) is 57.7 Å². The van der Waals surface area contributed by atoms with Gasteiger partial charge >= 0.3 is 0 Å². The normalized spacial score (nSPS) is 15.8. The number of rotatable bonds is 28. The molecule has 2 unspecified atom stereocenters. The summed E-state index contributed by atoms with van der Waals surface area (Å²) in [5.74, 6) is -7.51. The Kier molecular flexibility index (Phi) is 22.5. The fraction of sp³-hybridized carbons (Fsp3) is 0.682. The third-order valence-electron chi connectivity index (χ3n) is 11.0. The highest BCUT2D eigenvalue weighted by Gasteiger charge is 2.40. The Morgan fingerprint density at radius 3 is 1.22 bits per heavy atom. The molecular formula is C44H72N10O10. The Balaban J connectivity index is 2.59. The molecule has 0 aromatic rings. The van der Waals surface area contributed by atoms with Crippen molar-refractivity contribution in [2.45, 2.75) is 137 Å². The zero-order valence-corrected chi connectivity index (χ0v) is 38.6. The predicted molar refractivity (Wildman–Crippen MR) is 238 cm³/mol. The van der Waals surface area contributed by atoms with Crippen LogP contribution in [0.15, 0.2) is 24.3 Å². The maximum Gasteiger partial charge on any atom is 0.253 e. The Morgan fingerprint density at radius 2 is 0.891 bits per heavy atom. The lowest BCUT2D eigenvalue weighted by atomic mass is 9.65. The molecule has 0 aliphatic carbocycles. The minimum absolute atomic E-state index is 0.0917. The molecule has 2 aliphatic rings. The van der Waals surface area contributed by atoms with Crippen molar-refractivity contribution < 1.29 is 47.9 Å². The molecule has 10 amide bonds. The summed E-state index contributed by atoms with van der Waals surface area (Å²) in [6.45, 7) is 15.0. The molecule has 10 N–H and O–H groups in total.